The molecule has 0 atom stereocenters. The van der Waals surface area contributed by atoms with Crippen LogP contribution in [0.5, 0.6) is 0 Å². The van der Waals surface area contributed by atoms with Gasteiger partial charge in [-0.25, -0.2) is 0 Å². The quantitative estimate of drug-likeness (QED) is 0.432. The van der Waals surface area contributed by atoms with Gasteiger partial charge in [-0.2, -0.15) is 0 Å². The van der Waals surface area contributed by atoms with Crippen molar-refractivity contribution in [3.63, 3.8) is 0 Å². The first-order valence-corrected chi connectivity index (χ1v) is 12.6. The fourth-order valence-corrected chi connectivity index (χ4v) is 7.98. The van der Waals surface area contributed by atoms with Crippen molar-refractivity contribution in [2.75, 3.05) is 0 Å². The second-order valence-electron chi connectivity index (χ2n) is 11.7. The van der Waals surface area contributed by atoms with Crippen LogP contribution in [0.3, 0.4) is 0 Å². The molecule has 26 heavy (non-hydrogen) atoms. The minimum Gasteiger partial charge on any atom is -0.0654 e. The van der Waals surface area contributed by atoms with E-state index in [1.165, 1.54) is 38.5 Å². The highest BCUT2D eigenvalue weighted by atomic mass is 14.6. The van der Waals surface area contributed by atoms with Crippen LogP contribution in [0.2, 0.25) is 0 Å². The maximum atomic E-state index is 2.48. The molecule has 0 bridgehead atoms. The van der Waals surface area contributed by atoms with Crippen molar-refractivity contribution >= 4 is 0 Å². The molecule has 0 unspecified atom stereocenters. The van der Waals surface area contributed by atoms with E-state index >= 15 is 0 Å². The smallest absolute Gasteiger partial charge is 0.0287 e. The lowest BCUT2D eigenvalue weighted by molar-refractivity contribution is -0.104. The van der Waals surface area contributed by atoms with Crippen molar-refractivity contribution in [3.8, 4) is 0 Å². The van der Waals surface area contributed by atoms with Crippen molar-refractivity contribution in [2.24, 2.45) is 34.5 Å². The first-order valence-electron chi connectivity index (χ1n) is 12.6. The summed E-state index contributed by atoms with van der Waals surface area (Å²) >= 11 is 0. The van der Waals surface area contributed by atoms with Gasteiger partial charge in [0.2, 0.25) is 0 Å². The lowest BCUT2D eigenvalue weighted by atomic mass is 9.44. The van der Waals surface area contributed by atoms with Crippen LogP contribution in [0, 0.1) is 34.5 Å². The zero-order valence-corrected chi connectivity index (χ0v) is 18.0. The lowest BCUT2D eigenvalue weighted by Gasteiger charge is -2.61. The van der Waals surface area contributed by atoms with E-state index in [2.05, 4.69) is 13.8 Å². The SMILES string of the molecule is CCCCCC1CCC(C2CCC3(CC2)CC2(CCC(C)CC2)C3)CC1. The molecule has 0 aliphatic heterocycles. The van der Waals surface area contributed by atoms with Gasteiger partial charge in [0.05, 0.1) is 0 Å². The van der Waals surface area contributed by atoms with Crippen molar-refractivity contribution < 1.29 is 0 Å². The van der Waals surface area contributed by atoms with Gasteiger partial charge in [-0.3, -0.25) is 0 Å². The van der Waals surface area contributed by atoms with Crippen LogP contribution < -0.4 is 0 Å². The van der Waals surface area contributed by atoms with E-state index in [1.807, 2.05) is 0 Å². The molecule has 0 N–H and O–H groups in total. The molecule has 0 radical (unpaired) electrons. The Hall–Kier alpha value is 0. The molecular formula is C26H46. The molecule has 0 heteroatoms. The van der Waals surface area contributed by atoms with Crippen molar-refractivity contribution in [3.05, 3.63) is 0 Å². The summed E-state index contributed by atoms with van der Waals surface area (Å²) in [6, 6.07) is 0. The van der Waals surface area contributed by atoms with Crippen LogP contribution in [-0.2, 0) is 0 Å². The molecule has 0 aromatic heterocycles. The number of hydrogen-bond acceptors (Lipinski definition) is 0. The van der Waals surface area contributed by atoms with E-state index in [-0.39, 0.29) is 0 Å². The van der Waals surface area contributed by atoms with E-state index in [0.717, 1.165) is 34.5 Å². The Morgan fingerprint density at radius 2 is 1.19 bits per heavy atom. The summed E-state index contributed by atoms with van der Waals surface area (Å²) < 4.78 is 0. The summed E-state index contributed by atoms with van der Waals surface area (Å²) in [4.78, 5) is 0. The predicted molar refractivity (Wildman–Crippen MR) is 113 cm³/mol. The Kier molecular flexibility index (Phi) is 6.07. The van der Waals surface area contributed by atoms with Gasteiger partial charge in [-0.15, -0.1) is 0 Å². The Labute approximate surface area is 164 Å². The second-order valence-corrected chi connectivity index (χ2v) is 11.7. The second kappa shape index (κ2) is 8.16. The van der Waals surface area contributed by atoms with Gasteiger partial charge in [0.1, 0.15) is 0 Å². The highest BCUT2D eigenvalue weighted by molar-refractivity contribution is 5.06. The molecule has 2 spiro atoms. The summed E-state index contributed by atoms with van der Waals surface area (Å²) in [6.07, 6.45) is 28.0. The Bertz CT molecular complexity index is 415. The van der Waals surface area contributed by atoms with E-state index in [4.69, 9.17) is 0 Å². The van der Waals surface area contributed by atoms with E-state index in [1.54, 1.807) is 77.0 Å². The van der Waals surface area contributed by atoms with Gasteiger partial charge in [-0.1, -0.05) is 65.2 Å². The number of hydrogen-bond donors (Lipinski definition) is 0. The molecule has 4 aliphatic rings. The minimum atomic E-state index is 0.828. The van der Waals surface area contributed by atoms with Crippen LogP contribution in [0.4, 0.5) is 0 Å². The van der Waals surface area contributed by atoms with Crippen molar-refractivity contribution in [2.45, 2.75) is 129 Å². The van der Waals surface area contributed by atoms with Crippen LogP contribution in [0.25, 0.3) is 0 Å². The summed E-state index contributed by atoms with van der Waals surface area (Å²) in [5.41, 5.74) is 1.66. The van der Waals surface area contributed by atoms with Crippen LogP contribution in [-0.4, -0.2) is 0 Å². The standard InChI is InChI=1S/C26H46/c1-3-4-5-6-22-7-9-23(10-8-22)24-13-17-26(18-14-24)19-25(20-26)15-11-21(2)12-16-25/h21-24H,3-20H2,1-2H3. The third-order valence-electron chi connectivity index (χ3n) is 9.70. The molecular weight excluding hydrogens is 312 g/mol. The highest BCUT2D eigenvalue weighted by Crippen LogP contribution is 2.67. The Morgan fingerprint density at radius 1 is 0.654 bits per heavy atom. The topological polar surface area (TPSA) is 0 Å². The maximum absolute atomic E-state index is 2.48. The average molecular weight is 359 g/mol. The molecule has 4 saturated carbocycles. The molecule has 0 nitrogen and oxygen atoms in total. The van der Waals surface area contributed by atoms with Gasteiger partial charge < -0.3 is 0 Å². The molecule has 4 rings (SSSR count). The van der Waals surface area contributed by atoms with Crippen molar-refractivity contribution in [1.29, 1.82) is 0 Å². The molecule has 4 aliphatic carbocycles. The van der Waals surface area contributed by atoms with Gasteiger partial charge in [0.15, 0.2) is 0 Å². The molecule has 4 fully saturated rings. The Morgan fingerprint density at radius 3 is 1.77 bits per heavy atom. The van der Waals surface area contributed by atoms with Crippen molar-refractivity contribution in [1.82, 2.24) is 0 Å². The van der Waals surface area contributed by atoms with Crippen LogP contribution in [0.15, 0.2) is 0 Å². The fraction of sp³-hybridized carbons (Fsp3) is 1.00. The third-order valence-corrected chi connectivity index (χ3v) is 9.70. The molecule has 0 aromatic rings. The molecule has 0 saturated heterocycles. The zero-order chi connectivity index (χ0) is 18.0. The molecule has 0 heterocycles. The maximum Gasteiger partial charge on any atom is -0.0287 e. The minimum absolute atomic E-state index is 0.828. The van der Waals surface area contributed by atoms with Gasteiger partial charge in [-0.05, 0) is 98.7 Å². The summed E-state index contributed by atoms with van der Waals surface area (Å²) in [5.74, 6) is 4.33. The molecule has 150 valence electrons. The van der Waals surface area contributed by atoms with Crippen LogP contribution in [0.1, 0.15) is 129 Å². The van der Waals surface area contributed by atoms with Gasteiger partial charge in [0, 0.05) is 0 Å². The van der Waals surface area contributed by atoms with Gasteiger partial charge >= 0.3 is 0 Å². The van der Waals surface area contributed by atoms with E-state index in [0.29, 0.717) is 0 Å². The zero-order valence-electron chi connectivity index (χ0n) is 18.0. The number of rotatable bonds is 5. The summed E-state index contributed by atoms with van der Waals surface area (Å²) in [7, 11) is 0. The number of unbranched alkanes of at least 4 members (excludes halogenated alkanes) is 2. The largest absolute Gasteiger partial charge is 0.0654 e. The third kappa shape index (κ3) is 4.20. The predicted octanol–water partition coefficient (Wildman–Crippen LogP) is 8.54. The average Bonchev–Trinajstić information content (AvgIpc) is 2.64. The summed E-state index contributed by atoms with van der Waals surface area (Å²) in [5, 5.41) is 0. The highest BCUT2D eigenvalue weighted by Gasteiger charge is 2.55. The molecule has 0 amide bonds. The summed E-state index contributed by atoms with van der Waals surface area (Å²) in [6.45, 7) is 4.82. The van der Waals surface area contributed by atoms with E-state index in [9.17, 15) is 0 Å². The Balaban J connectivity index is 1.17. The first-order chi connectivity index (χ1) is 12.6. The fourth-order valence-electron chi connectivity index (χ4n) is 7.98. The molecule has 0 aromatic carbocycles. The monoisotopic (exact) mass is 358 g/mol. The first kappa shape index (κ1) is 19.3. The lowest BCUT2D eigenvalue weighted by Crippen LogP contribution is -2.50. The van der Waals surface area contributed by atoms with E-state index < -0.39 is 0 Å². The van der Waals surface area contributed by atoms with Crippen LogP contribution >= 0.6 is 0 Å². The normalized spacial score (nSPS) is 46.4. The van der Waals surface area contributed by atoms with Gasteiger partial charge in [0.25, 0.3) is 0 Å².